The lowest BCUT2D eigenvalue weighted by Crippen LogP contribution is -2.44. The average Bonchev–Trinajstić information content (AvgIpc) is 3.64. The van der Waals surface area contributed by atoms with Crippen molar-refractivity contribution in [1.82, 2.24) is 10.6 Å². The van der Waals surface area contributed by atoms with Crippen molar-refractivity contribution >= 4 is 23.6 Å². The van der Waals surface area contributed by atoms with E-state index in [-0.39, 0.29) is 23.4 Å². The van der Waals surface area contributed by atoms with E-state index >= 15 is 0 Å². The lowest BCUT2D eigenvalue weighted by molar-refractivity contribution is -0.130. The van der Waals surface area contributed by atoms with Gasteiger partial charge in [0.05, 0.1) is 0 Å². The predicted octanol–water partition coefficient (Wildman–Crippen LogP) is 3.79. The fraction of sp³-hybridized carbons (Fsp3) is 0.423. The van der Waals surface area contributed by atoms with E-state index in [9.17, 15) is 14.4 Å². The van der Waals surface area contributed by atoms with Crippen molar-refractivity contribution in [3.8, 4) is 0 Å². The third kappa shape index (κ3) is 5.18. The first-order valence-corrected chi connectivity index (χ1v) is 11.6. The number of para-hydroxylation sites is 1. The van der Waals surface area contributed by atoms with E-state index in [4.69, 9.17) is 4.74 Å². The first-order valence-electron chi connectivity index (χ1n) is 11.6. The zero-order valence-electron chi connectivity index (χ0n) is 19.3. The predicted molar refractivity (Wildman–Crippen MR) is 126 cm³/mol. The van der Waals surface area contributed by atoms with Gasteiger partial charge in [0, 0.05) is 25.2 Å². The van der Waals surface area contributed by atoms with E-state index < -0.39 is 18.1 Å². The van der Waals surface area contributed by atoms with Crippen LogP contribution < -0.4 is 15.5 Å². The van der Waals surface area contributed by atoms with E-state index in [2.05, 4.69) is 10.6 Å². The number of carbonyl (C=O) groups excluding carboxylic acids is 3. The van der Waals surface area contributed by atoms with Crippen LogP contribution in [-0.2, 0) is 14.3 Å². The number of hydrogen-bond acceptors (Lipinski definition) is 4. The van der Waals surface area contributed by atoms with Crippen molar-refractivity contribution in [2.75, 3.05) is 18.5 Å². The largest absolute Gasteiger partial charge is 0.436 e. The van der Waals surface area contributed by atoms with Crippen LogP contribution in [0.4, 0.5) is 10.5 Å². The summed E-state index contributed by atoms with van der Waals surface area (Å²) in [6.45, 7) is 4.48. The number of amides is 3. The molecule has 0 aromatic heterocycles. The van der Waals surface area contributed by atoms with Gasteiger partial charge in [-0.05, 0) is 48.3 Å². The van der Waals surface area contributed by atoms with Gasteiger partial charge in [0.1, 0.15) is 5.70 Å². The smallest absolute Gasteiger partial charge is 0.407 e. The molecule has 2 N–H and O–H groups in total. The van der Waals surface area contributed by atoms with Crippen LogP contribution in [0.5, 0.6) is 0 Å². The Kier molecular flexibility index (Phi) is 6.67. The van der Waals surface area contributed by atoms with E-state index in [0.717, 1.165) is 24.1 Å². The van der Waals surface area contributed by atoms with Crippen LogP contribution in [-0.4, -0.2) is 37.6 Å². The molecule has 1 saturated carbocycles. The molecule has 3 aliphatic rings. The minimum atomic E-state index is -0.998. The maximum atomic E-state index is 13.4. The Labute approximate surface area is 194 Å². The Morgan fingerprint density at radius 2 is 1.94 bits per heavy atom. The summed E-state index contributed by atoms with van der Waals surface area (Å²) in [5, 5.41) is 5.56. The molecule has 1 aromatic carbocycles. The lowest BCUT2D eigenvalue weighted by atomic mass is 9.86. The summed E-state index contributed by atoms with van der Waals surface area (Å²) in [7, 11) is 1.70. The maximum absolute atomic E-state index is 13.4. The highest BCUT2D eigenvalue weighted by atomic mass is 16.6. The number of hydrogen-bond donors (Lipinski definition) is 2. The van der Waals surface area contributed by atoms with E-state index in [0.29, 0.717) is 24.5 Å². The van der Waals surface area contributed by atoms with E-state index in [1.807, 2.05) is 62.4 Å². The molecular formula is C26H31N3O4. The van der Waals surface area contributed by atoms with Crippen molar-refractivity contribution < 1.29 is 19.1 Å². The molecule has 1 aliphatic heterocycles. The molecule has 174 valence electrons. The van der Waals surface area contributed by atoms with Crippen LogP contribution in [0.2, 0.25) is 0 Å². The van der Waals surface area contributed by atoms with Crippen LogP contribution in [0.3, 0.4) is 0 Å². The Morgan fingerprint density at radius 3 is 2.67 bits per heavy atom. The van der Waals surface area contributed by atoms with Crippen molar-refractivity contribution in [3.05, 3.63) is 65.4 Å². The number of benzene rings is 1. The second-order valence-electron chi connectivity index (χ2n) is 9.31. The van der Waals surface area contributed by atoms with Gasteiger partial charge in [0.25, 0.3) is 11.8 Å². The van der Waals surface area contributed by atoms with Crippen LogP contribution in [0.25, 0.3) is 0 Å². The van der Waals surface area contributed by atoms with Gasteiger partial charge in [0.15, 0.2) is 6.10 Å². The molecule has 4 rings (SSSR count). The lowest BCUT2D eigenvalue weighted by Gasteiger charge is -2.23. The fourth-order valence-corrected chi connectivity index (χ4v) is 4.20. The minimum absolute atomic E-state index is 0.122. The number of nitrogens with one attached hydrogen (secondary N) is 2. The molecule has 1 heterocycles. The molecular weight excluding hydrogens is 418 g/mol. The summed E-state index contributed by atoms with van der Waals surface area (Å²) in [6.07, 6.45) is 8.63. The van der Waals surface area contributed by atoms with Gasteiger partial charge in [-0.25, -0.2) is 4.79 Å². The van der Waals surface area contributed by atoms with Crippen molar-refractivity contribution in [3.63, 3.8) is 0 Å². The second kappa shape index (κ2) is 9.65. The first-order chi connectivity index (χ1) is 15.8. The zero-order valence-corrected chi connectivity index (χ0v) is 19.3. The summed E-state index contributed by atoms with van der Waals surface area (Å²) in [5.74, 6) is -0.346. The quantitative estimate of drug-likeness (QED) is 0.663. The number of likely N-dealkylation sites (N-methyl/N-ethyl adjacent to an activating group) is 1. The van der Waals surface area contributed by atoms with Gasteiger partial charge in [-0.15, -0.1) is 0 Å². The van der Waals surface area contributed by atoms with Crippen molar-refractivity contribution in [1.29, 1.82) is 0 Å². The number of rotatable bonds is 7. The molecule has 0 bridgehead atoms. The van der Waals surface area contributed by atoms with E-state index in [1.165, 1.54) is 0 Å². The highest BCUT2D eigenvalue weighted by molar-refractivity contribution is 6.10. The normalized spacial score (nSPS) is 20.2. The van der Waals surface area contributed by atoms with Crippen LogP contribution in [0.15, 0.2) is 59.8 Å². The molecule has 3 amide bonds. The molecule has 2 aliphatic carbocycles. The third-order valence-electron chi connectivity index (χ3n) is 6.17. The van der Waals surface area contributed by atoms with Gasteiger partial charge in [-0.1, -0.05) is 56.4 Å². The fourth-order valence-electron chi connectivity index (χ4n) is 4.20. The number of anilines is 1. The van der Waals surface area contributed by atoms with Gasteiger partial charge >= 0.3 is 6.09 Å². The molecule has 0 spiro atoms. The molecule has 1 aromatic rings. The number of ether oxygens (including phenoxy) is 1. The van der Waals surface area contributed by atoms with E-state index in [1.54, 1.807) is 11.9 Å². The third-order valence-corrected chi connectivity index (χ3v) is 6.17. The standard InChI is InChI=1S/C26H31N3O4/c1-16(2)14-22(33-26(32)27-15-17-12-13-17)24(30)28-23-20-10-5-4-8-18(20)19-9-6-7-11-21(19)29(3)25(23)31/h4-11,16-18,22H,12-15H2,1-3H3,(H,27,32)(H,28,30). The molecule has 33 heavy (non-hydrogen) atoms. The number of fused-ring (bicyclic) bond motifs is 3. The first kappa shape index (κ1) is 22.8. The Hall–Kier alpha value is -3.35. The number of nitrogens with zero attached hydrogens (tertiary/aromatic N) is 1. The van der Waals surface area contributed by atoms with Crippen LogP contribution >= 0.6 is 0 Å². The molecule has 0 saturated heterocycles. The zero-order chi connectivity index (χ0) is 23.5. The number of alkyl carbamates (subject to hydrolysis) is 1. The SMILES string of the molecule is CC(C)CC(OC(=O)NCC1CC1)C(=O)NC1=C2C=CC=CC2c2ccccc2N(C)C1=O. The summed E-state index contributed by atoms with van der Waals surface area (Å²) < 4.78 is 5.49. The van der Waals surface area contributed by atoms with Gasteiger partial charge in [0.2, 0.25) is 0 Å². The summed E-state index contributed by atoms with van der Waals surface area (Å²) >= 11 is 0. The van der Waals surface area contributed by atoms with Gasteiger partial charge in [-0.3, -0.25) is 9.59 Å². The second-order valence-corrected chi connectivity index (χ2v) is 9.31. The summed E-state index contributed by atoms with van der Waals surface area (Å²) in [5.41, 5.74) is 2.71. The average molecular weight is 450 g/mol. The topological polar surface area (TPSA) is 87.7 Å². The Bertz CT molecular complexity index is 1040. The Balaban J connectivity index is 1.59. The van der Waals surface area contributed by atoms with Crippen LogP contribution in [0, 0.1) is 11.8 Å². The molecule has 0 radical (unpaired) electrons. The Morgan fingerprint density at radius 1 is 1.18 bits per heavy atom. The highest BCUT2D eigenvalue weighted by Crippen LogP contribution is 2.39. The van der Waals surface area contributed by atoms with Crippen molar-refractivity contribution in [2.45, 2.75) is 45.1 Å². The molecule has 2 unspecified atom stereocenters. The minimum Gasteiger partial charge on any atom is -0.436 e. The molecule has 2 atom stereocenters. The maximum Gasteiger partial charge on any atom is 0.407 e. The van der Waals surface area contributed by atoms with Crippen LogP contribution in [0.1, 0.15) is 44.6 Å². The number of allylic oxidation sites excluding steroid dienone is 5. The summed E-state index contributed by atoms with van der Waals surface area (Å²) in [6, 6.07) is 7.72. The molecule has 1 fully saturated rings. The summed E-state index contributed by atoms with van der Waals surface area (Å²) in [4.78, 5) is 40.6. The van der Waals surface area contributed by atoms with Gasteiger partial charge < -0.3 is 20.3 Å². The highest BCUT2D eigenvalue weighted by Gasteiger charge is 2.34. The van der Waals surface area contributed by atoms with Gasteiger partial charge in [-0.2, -0.15) is 0 Å². The molecule has 7 heteroatoms. The van der Waals surface area contributed by atoms with Crippen molar-refractivity contribution in [2.24, 2.45) is 11.8 Å². The number of carbonyl (C=O) groups is 3. The monoisotopic (exact) mass is 449 g/mol. The molecule has 7 nitrogen and oxygen atoms in total.